The minimum Gasteiger partial charge on any atom is -0.479 e. The lowest BCUT2D eigenvalue weighted by molar-refractivity contribution is 0.368. The van der Waals surface area contributed by atoms with Crippen LogP contribution >= 0.6 is 0 Å². The van der Waals surface area contributed by atoms with E-state index >= 15 is 0 Å². The molecular weight excluding hydrogens is 260 g/mol. The first kappa shape index (κ1) is 14.9. The van der Waals surface area contributed by atoms with Gasteiger partial charge in [-0.25, -0.2) is 0 Å². The Balaban J connectivity index is 2.12. The van der Waals surface area contributed by atoms with Crippen molar-refractivity contribution in [3.8, 4) is 11.8 Å². The number of ether oxygens (including phenoxy) is 1. The van der Waals surface area contributed by atoms with Crippen molar-refractivity contribution in [2.75, 3.05) is 11.9 Å². The fraction of sp³-hybridized carbons (Fsp3) is 0.278. The first-order valence-electron chi connectivity index (χ1n) is 7.03. The van der Waals surface area contributed by atoms with Gasteiger partial charge in [-0.15, -0.1) is 0 Å². The Bertz CT molecular complexity index is 659. The summed E-state index contributed by atoms with van der Waals surface area (Å²) in [7, 11) is 0. The van der Waals surface area contributed by atoms with Crippen LogP contribution in [0, 0.1) is 25.2 Å². The Morgan fingerprint density at radius 2 is 2.00 bits per heavy atom. The maximum atomic E-state index is 8.55. The van der Waals surface area contributed by atoms with Crippen molar-refractivity contribution in [3.05, 3.63) is 59.2 Å². The highest BCUT2D eigenvalue weighted by molar-refractivity contribution is 5.50. The SMILES string of the molecule is Cc1ccc(C(C)Nc2cccc(OCC#N)c2)c(C)c1. The van der Waals surface area contributed by atoms with Crippen molar-refractivity contribution in [2.45, 2.75) is 26.8 Å². The quantitative estimate of drug-likeness (QED) is 0.884. The van der Waals surface area contributed by atoms with Crippen molar-refractivity contribution in [3.63, 3.8) is 0 Å². The molecule has 1 N–H and O–H groups in total. The van der Waals surface area contributed by atoms with Gasteiger partial charge in [-0.05, 0) is 44.0 Å². The summed E-state index contributed by atoms with van der Waals surface area (Å²) < 4.78 is 5.32. The molecule has 0 amide bonds. The zero-order chi connectivity index (χ0) is 15.2. The molecule has 0 aliphatic carbocycles. The van der Waals surface area contributed by atoms with Gasteiger partial charge in [-0.3, -0.25) is 0 Å². The fourth-order valence-corrected chi connectivity index (χ4v) is 2.43. The maximum Gasteiger partial charge on any atom is 0.174 e. The first-order valence-corrected chi connectivity index (χ1v) is 7.03. The molecule has 3 nitrogen and oxygen atoms in total. The molecule has 0 fully saturated rings. The number of anilines is 1. The molecule has 0 radical (unpaired) electrons. The maximum absolute atomic E-state index is 8.55. The van der Waals surface area contributed by atoms with Crippen molar-refractivity contribution in [1.82, 2.24) is 0 Å². The third-order valence-corrected chi connectivity index (χ3v) is 3.41. The lowest BCUT2D eigenvalue weighted by atomic mass is 10.00. The lowest BCUT2D eigenvalue weighted by Gasteiger charge is -2.18. The molecule has 0 saturated carbocycles. The molecule has 2 rings (SSSR count). The van der Waals surface area contributed by atoms with Gasteiger partial charge in [0.25, 0.3) is 0 Å². The van der Waals surface area contributed by atoms with Crippen LogP contribution in [0.1, 0.15) is 29.7 Å². The van der Waals surface area contributed by atoms with Crippen LogP contribution in [0.2, 0.25) is 0 Å². The first-order chi connectivity index (χ1) is 10.1. The summed E-state index contributed by atoms with van der Waals surface area (Å²) in [6.45, 7) is 6.44. The number of nitriles is 1. The molecule has 0 bridgehead atoms. The zero-order valence-corrected chi connectivity index (χ0v) is 12.7. The summed E-state index contributed by atoms with van der Waals surface area (Å²) in [5.41, 5.74) is 4.82. The van der Waals surface area contributed by atoms with Crippen molar-refractivity contribution >= 4 is 5.69 Å². The van der Waals surface area contributed by atoms with Crippen LogP contribution in [-0.2, 0) is 0 Å². The van der Waals surface area contributed by atoms with Crippen molar-refractivity contribution in [1.29, 1.82) is 5.26 Å². The number of aryl methyl sites for hydroxylation is 2. The number of benzene rings is 2. The summed E-state index contributed by atoms with van der Waals surface area (Å²) in [5.74, 6) is 0.703. The van der Waals surface area contributed by atoms with Gasteiger partial charge in [0.2, 0.25) is 0 Å². The minimum absolute atomic E-state index is 0.0656. The van der Waals surface area contributed by atoms with E-state index in [0.29, 0.717) is 5.75 Å². The summed E-state index contributed by atoms with van der Waals surface area (Å²) in [6, 6.07) is 16.4. The van der Waals surface area contributed by atoms with E-state index in [-0.39, 0.29) is 12.6 Å². The van der Waals surface area contributed by atoms with Crippen LogP contribution < -0.4 is 10.1 Å². The highest BCUT2D eigenvalue weighted by Gasteiger charge is 2.08. The van der Waals surface area contributed by atoms with E-state index in [4.69, 9.17) is 10.00 Å². The zero-order valence-electron chi connectivity index (χ0n) is 12.7. The van der Waals surface area contributed by atoms with Gasteiger partial charge in [0.1, 0.15) is 11.8 Å². The third-order valence-electron chi connectivity index (χ3n) is 3.41. The average Bonchev–Trinajstić information content (AvgIpc) is 2.45. The van der Waals surface area contributed by atoms with E-state index in [1.165, 1.54) is 16.7 Å². The van der Waals surface area contributed by atoms with E-state index in [2.05, 4.69) is 44.3 Å². The number of hydrogen-bond acceptors (Lipinski definition) is 3. The fourth-order valence-electron chi connectivity index (χ4n) is 2.43. The van der Waals surface area contributed by atoms with Gasteiger partial charge in [-0.1, -0.05) is 29.8 Å². The standard InChI is InChI=1S/C18H20N2O/c1-13-7-8-18(14(2)11-13)15(3)20-16-5-4-6-17(12-16)21-10-9-19/h4-8,11-12,15,20H,10H2,1-3H3. The van der Waals surface area contributed by atoms with Gasteiger partial charge in [-0.2, -0.15) is 5.26 Å². The minimum atomic E-state index is 0.0656. The molecule has 1 unspecified atom stereocenters. The van der Waals surface area contributed by atoms with Gasteiger partial charge < -0.3 is 10.1 Å². The van der Waals surface area contributed by atoms with Crippen LogP contribution in [0.5, 0.6) is 5.75 Å². The second kappa shape index (κ2) is 6.81. The van der Waals surface area contributed by atoms with E-state index in [1.807, 2.05) is 30.3 Å². The number of nitrogens with one attached hydrogen (secondary N) is 1. The molecule has 21 heavy (non-hydrogen) atoms. The Labute approximate surface area is 126 Å². The molecule has 2 aromatic rings. The largest absolute Gasteiger partial charge is 0.479 e. The highest BCUT2D eigenvalue weighted by Crippen LogP contribution is 2.25. The molecule has 0 spiro atoms. The van der Waals surface area contributed by atoms with Crippen molar-refractivity contribution in [2.24, 2.45) is 0 Å². The van der Waals surface area contributed by atoms with Crippen molar-refractivity contribution < 1.29 is 4.74 Å². The molecule has 0 saturated heterocycles. The Kier molecular flexibility index (Phi) is 4.84. The molecule has 0 aliphatic rings. The summed E-state index contributed by atoms with van der Waals surface area (Å²) in [5, 5.41) is 12.0. The van der Waals surface area contributed by atoms with Crippen LogP contribution in [0.4, 0.5) is 5.69 Å². The second-order valence-electron chi connectivity index (χ2n) is 5.20. The predicted octanol–water partition coefficient (Wildman–Crippen LogP) is 4.38. The number of hydrogen-bond donors (Lipinski definition) is 1. The Morgan fingerprint density at radius 3 is 2.71 bits per heavy atom. The van der Waals surface area contributed by atoms with Gasteiger partial charge in [0.15, 0.2) is 6.61 Å². The molecule has 0 aliphatic heterocycles. The number of rotatable bonds is 5. The molecule has 0 aromatic heterocycles. The molecule has 3 heteroatoms. The summed E-state index contributed by atoms with van der Waals surface area (Å²) >= 11 is 0. The van der Waals surface area contributed by atoms with E-state index in [1.54, 1.807) is 0 Å². The molecule has 2 aromatic carbocycles. The topological polar surface area (TPSA) is 45.0 Å². The lowest BCUT2D eigenvalue weighted by Crippen LogP contribution is -2.08. The van der Waals surface area contributed by atoms with Crippen LogP contribution in [0.15, 0.2) is 42.5 Å². The Hall–Kier alpha value is -2.47. The summed E-state index contributed by atoms with van der Waals surface area (Å²) in [4.78, 5) is 0. The average molecular weight is 280 g/mol. The molecule has 108 valence electrons. The smallest absolute Gasteiger partial charge is 0.174 e. The van der Waals surface area contributed by atoms with Gasteiger partial charge in [0.05, 0.1) is 0 Å². The molecule has 1 atom stereocenters. The summed E-state index contributed by atoms with van der Waals surface area (Å²) in [6.07, 6.45) is 0. The van der Waals surface area contributed by atoms with Crippen LogP contribution in [-0.4, -0.2) is 6.61 Å². The van der Waals surface area contributed by atoms with E-state index in [9.17, 15) is 0 Å². The Morgan fingerprint density at radius 1 is 1.19 bits per heavy atom. The normalized spacial score (nSPS) is 11.5. The second-order valence-corrected chi connectivity index (χ2v) is 5.20. The predicted molar refractivity (Wildman–Crippen MR) is 85.5 cm³/mol. The molecular formula is C18H20N2O. The molecule has 0 heterocycles. The van der Waals surface area contributed by atoms with E-state index in [0.717, 1.165) is 5.69 Å². The number of nitrogens with zero attached hydrogens (tertiary/aromatic N) is 1. The van der Waals surface area contributed by atoms with Gasteiger partial charge in [0, 0.05) is 17.8 Å². The van der Waals surface area contributed by atoms with Crippen LogP contribution in [0.3, 0.4) is 0 Å². The van der Waals surface area contributed by atoms with E-state index < -0.39 is 0 Å². The highest BCUT2D eigenvalue weighted by atomic mass is 16.5. The third kappa shape index (κ3) is 4.00. The monoisotopic (exact) mass is 280 g/mol. The van der Waals surface area contributed by atoms with Gasteiger partial charge >= 0.3 is 0 Å². The van der Waals surface area contributed by atoms with Crippen LogP contribution in [0.25, 0.3) is 0 Å².